The third-order valence-electron chi connectivity index (χ3n) is 4.38. The van der Waals surface area contributed by atoms with Crippen LogP contribution in [0.15, 0.2) is 23.3 Å². The second kappa shape index (κ2) is 6.89. The largest absolute Gasteiger partial charge is 0.367 e. The molecule has 0 aromatic carbocycles. The van der Waals surface area contributed by atoms with Gasteiger partial charge in [0, 0.05) is 44.1 Å². The van der Waals surface area contributed by atoms with Crippen LogP contribution in [-0.4, -0.2) is 53.4 Å². The average molecular weight is 291 g/mol. The van der Waals surface area contributed by atoms with Crippen molar-refractivity contribution in [1.82, 2.24) is 14.8 Å². The van der Waals surface area contributed by atoms with Crippen molar-refractivity contribution in [3.8, 4) is 0 Å². The standard InChI is InChI=1S/C16H25N3O2/c1-12(2)18(3)11-13-5-8-19(9-6-13)16(21)14-10-17-7-4-15(14)20/h4,7,10,12-13H,5-6,8-9,11H2,1-3H3,(H,17,20). The molecule has 1 fully saturated rings. The Bertz CT molecular complexity index is 530. The fourth-order valence-corrected chi connectivity index (χ4v) is 2.69. The predicted octanol–water partition coefficient (Wildman–Crippen LogP) is 1.57. The van der Waals surface area contributed by atoms with Crippen LogP contribution in [0, 0.1) is 5.92 Å². The SMILES string of the molecule is CC(C)N(C)CC1CCN(C(=O)c2c[nH]ccc2=O)CC1. The minimum absolute atomic E-state index is 0.146. The maximum Gasteiger partial charge on any atom is 0.259 e. The Kier molecular flexibility index (Phi) is 5.17. The Morgan fingerprint density at radius 3 is 2.67 bits per heavy atom. The summed E-state index contributed by atoms with van der Waals surface area (Å²) in [6.45, 7) is 6.94. The number of nitrogens with one attached hydrogen (secondary N) is 1. The summed E-state index contributed by atoms with van der Waals surface area (Å²) in [6, 6.07) is 1.95. The highest BCUT2D eigenvalue weighted by atomic mass is 16.2. The number of carbonyl (C=O) groups excluding carboxylic acids is 1. The monoisotopic (exact) mass is 291 g/mol. The number of pyridine rings is 1. The normalized spacial score (nSPS) is 16.7. The lowest BCUT2D eigenvalue weighted by molar-refractivity contribution is 0.0664. The highest BCUT2D eigenvalue weighted by molar-refractivity contribution is 5.93. The lowest BCUT2D eigenvalue weighted by Gasteiger charge is -2.34. The number of likely N-dealkylation sites (tertiary alicyclic amines) is 1. The fourth-order valence-electron chi connectivity index (χ4n) is 2.69. The van der Waals surface area contributed by atoms with Gasteiger partial charge in [-0.05, 0) is 39.7 Å². The third-order valence-corrected chi connectivity index (χ3v) is 4.38. The number of hydrogen-bond donors (Lipinski definition) is 1. The molecule has 1 saturated heterocycles. The fraction of sp³-hybridized carbons (Fsp3) is 0.625. The van der Waals surface area contributed by atoms with E-state index in [0.717, 1.165) is 32.5 Å². The second-order valence-corrected chi connectivity index (χ2v) is 6.19. The Morgan fingerprint density at radius 1 is 1.43 bits per heavy atom. The highest BCUT2D eigenvalue weighted by Crippen LogP contribution is 2.19. The van der Waals surface area contributed by atoms with Crippen molar-refractivity contribution in [1.29, 1.82) is 0 Å². The molecule has 0 unspecified atom stereocenters. The van der Waals surface area contributed by atoms with Crippen molar-refractivity contribution < 1.29 is 4.79 Å². The van der Waals surface area contributed by atoms with Crippen LogP contribution < -0.4 is 5.43 Å². The number of aromatic amines is 1. The molecule has 0 spiro atoms. The molecule has 0 radical (unpaired) electrons. The molecule has 116 valence electrons. The molecule has 0 saturated carbocycles. The number of H-pyrrole nitrogens is 1. The summed E-state index contributed by atoms with van der Waals surface area (Å²) in [6.07, 6.45) is 5.07. The Morgan fingerprint density at radius 2 is 2.10 bits per heavy atom. The molecule has 0 bridgehead atoms. The molecule has 0 atom stereocenters. The maximum absolute atomic E-state index is 12.4. The van der Waals surface area contributed by atoms with Gasteiger partial charge in [0.05, 0.1) is 0 Å². The molecule has 5 nitrogen and oxygen atoms in total. The summed E-state index contributed by atoms with van der Waals surface area (Å²) in [5.41, 5.74) is 0.0377. The molecule has 1 N–H and O–H groups in total. The minimum atomic E-state index is -0.208. The van der Waals surface area contributed by atoms with Gasteiger partial charge in [0.25, 0.3) is 5.91 Å². The van der Waals surface area contributed by atoms with Crippen molar-refractivity contribution in [2.75, 3.05) is 26.7 Å². The summed E-state index contributed by atoms with van der Waals surface area (Å²) >= 11 is 0. The first-order valence-corrected chi connectivity index (χ1v) is 7.65. The van der Waals surface area contributed by atoms with Gasteiger partial charge in [-0.1, -0.05) is 0 Å². The van der Waals surface area contributed by atoms with Crippen LogP contribution in [0.3, 0.4) is 0 Å². The van der Waals surface area contributed by atoms with Gasteiger partial charge in [0.15, 0.2) is 5.43 Å². The average Bonchev–Trinajstić information content (AvgIpc) is 2.47. The van der Waals surface area contributed by atoms with E-state index in [9.17, 15) is 9.59 Å². The van der Waals surface area contributed by atoms with E-state index in [1.165, 1.54) is 12.3 Å². The Labute approximate surface area is 126 Å². The number of nitrogens with zero attached hydrogens (tertiary/aromatic N) is 2. The number of aromatic nitrogens is 1. The molecule has 1 amide bonds. The summed E-state index contributed by atoms with van der Waals surface area (Å²) in [5, 5.41) is 0. The number of amides is 1. The number of piperidine rings is 1. The van der Waals surface area contributed by atoms with E-state index in [0.29, 0.717) is 12.0 Å². The quantitative estimate of drug-likeness (QED) is 0.916. The van der Waals surface area contributed by atoms with Crippen LogP contribution in [0.4, 0.5) is 0 Å². The second-order valence-electron chi connectivity index (χ2n) is 6.19. The molecule has 21 heavy (non-hydrogen) atoms. The van der Waals surface area contributed by atoms with Gasteiger partial charge in [-0.25, -0.2) is 0 Å². The van der Waals surface area contributed by atoms with Crippen LogP contribution in [-0.2, 0) is 0 Å². The molecule has 2 rings (SSSR count). The smallest absolute Gasteiger partial charge is 0.259 e. The maximum atomic E-state index is 12.4. The van der Waals surface area contributed by atoms with Gasteiger partial charge < -0.3 is 14.8 Å². The first-order valence-electron chi connectivity index (χ1n) is 7.65. The minimum Gasteiger partial charge on any atom is -0.367 e. The number of carbonyl (C=O) groups is 1. The molecular weight excluding hydrogens is 266 g/mol. The van der Waals surface area contributed by atoms with Crippen molar-refractivity contribution in [2.24, 2.45) is 5.92 Å². The van der Waals surface area contributed by atoms with Gasteiger partial charge in [0.2, 0.25) is 0 Å². The first-order chi connectivity index (χ1) is 9.99. The van der Waals surface area contributed by atoms with Gasteiger partial charge in [-0.2, -0.15) is 0 Å². The predicted molar refractivity (Wildman–Crippen MR) is 83.5 cm³/mol. The van der Waals surface area contributed by atoms with E-state index >= 15 is 0 Å². The van der Waals surface area contributed by atoms with Crippen LogP contribution in [0.25, 0.3) is 0 Å². The lowest BCUT2D eigenvalue weighted by atomic mass is 9.95. The van der Waals surface area contributed by atoms with Gasteiger partial charge in [-0.3, -0.25) is 9.59 Å². The summed E-state index contributed by atoms with van der Waals surface area (Å²) in [5.74, 6) is 0.489. The van der Waals surface area contributed by atoms with Gasteiger partial charge in [0.1, 0.15) is 5.56 Å². The first kappa shape index (κ1) is 15.8. The molecule has 1 aliphatic rings. The van der Waals surface area contributed by atoms with E-state index in [4.69, 9.17) is 0 Å². The third kappa shape index (κ3) is 3.94. The number of hydrogen-bond acceptors (Lipinski definition) is 3. The van der Waals surface area contributed by atoms with Crippen LogP contribution in [0.5, 0.6) is 0 Å². The van der Waals surface area contributed by atoms with E-state index < -0.39 is 0 Å². The zero-order valence-corrected chi connectivity index (χ0v) is 13.1. The zero-order valence-electron chi connectivity index (χ0n) is 13.1. The summed E-state index contributed by atoms with van der Waals surface area (Å²) < 4.78 is 0. The Balaban J connectivity index is 1.91. The molecule has 1 aromatic rings. The summed E-state index contributed by atoms with van der Waals surface area (Å²) in [7, 11) is 2.14. The zero-order chi connectivity index (χ0) is 15.4. The van der Waals surface area contributed by atoms with Crippen LogP contribution in [0.2, 0.25) is 0 Å². The van der Waals surface area contributed by atoms with Gasteiger partial charge in [-0.15, -0.1) is 0 Å². The molecule has 5 heteroatoms. The van der Waals surface area contributed by atoms with Crippen molar-refractivity contribution >= 4 is 5.91 Å². The van der Waals surface area contributed by atoms with Crippen molar-refractivity contribution in [2.45, 2.75) is 32.7 Å². The van der Waals surface area contributed by atoms with Crippen molar-refractivity contribution in [3.63, 3.8) is 0 Å². The Hall–Kier alpha value is -1.62. The number of rotatable bonds is 4. The molecular formula is C16H25N3O2. The van der Waals surface area contributed by atoms with Crippen molar-refractivity contribution in [3.05, 3.63) is 34.2 Å². The summed E-state index contributed by atoms with van der Waals surface area (Å²) in [4.78, 5) is 31.0. The van der Waals surface area contributed by atoms with Crippen LogP contribution >= 0.6 is 0 Å². The van der Waals surface area contributed by atoms with E-state index in [1.54, 1.807) is 11.1 Å². The van der Waals surface area contributed by atoms with E-state index in [1.807, 2.05) is 0 Å². The molecule has 0 aliphatic carbocycles. The molecule has 1 aromatic heterocycles. The topological polar surface area (TPSA) is 56.4 Å². The van der Waals surface area contributed by atoms with Crippen LogP contribution in [0.1, 0.15) is 37.0 Å². The van der Waals surface area contributed by atoms with E-state index in [-0.39, 0.29) is 16.9 Å². The highest BCUT2D eigenvalue weighted by Gasteiger charge is 2.25. The lowest BCUT2D eigenvalue weighted by Crippen LogP contribution is -2.43. The molecule has 2 heterocycles. The molecule has 1 aliphatic heterocycles. The van der Waals surface area contributed by atoms with Gasteiger partial charge >= 0.3 is 0 Å². The van der Waals surface area contributed by atoms with E-state index in [2.05, 4.69) is 30.8 Å².